The molecule has 1 heterocycles. The van der Waals surface area contributed by atoms with Crippen LogP contribution >= 0.6 is 15.9 Å². The molecule has 0 radical (unpaired) electrons. The number of ether oxygens (including phenoxy) is 1. The Morgan fingerprint density at radius 1 is 1.30 bits per heavy atom. The van der Waals surface area contributed by atoms with E-state index >= 15 is 0 Å². The Morgan fingerprint density at radius 3 is 2.87 bits per heavy atom. The van der Waals surface area contributed by atoms with E-state index in [0.717, 1.165) is 22.1 Å². The number of methoxy groups -OCH3 is 1. The maximum Gasteiger partial charge on any atom is 0.270 e. The van der Waals surface area contributed by atoms with Crippen LogP contribution < -0.4 is 10.6 Å². The zero-order valence-corrected chi connectivity index (χ0v) is 14.7. The maximum absolute atomic E-state index is 12.0. The Hall–Kier alpha value is -1.99. The Labute approximate surface area is 143 Å². The van der Waals surface area contributed by atoms with Crippen molar-refractivity contribution in [2.24, 2.45) is 0 Å². The summed E-state index contributed by atoms with van der Waals surface area (Å²) in [4.78, 5) is 20.2. The zero-order valence-electron chi connectivity index (χ0n) is 13.1. The number of amides is 1. The molecule has 7 heteroatoms. The molecule has 6 nitrogen and oxygen atoms in total. The van der Waals surface area contributed by atoms with Crippen LogP contribution in [-0.2, 0) is 4.74 Å². The highest BCUT2D eigenvalue weighted by Gasteiger charge is 2.09. The molecule has 0 saturated heterocycles. The fraction of sp³-hybridized carbons (Fsp3) is 0.312. The summed E-state index contributed by atoms with van der Waals surface area (Å²) < 4.78 is 5.96. The predicted molar refractivity (Wildman–Crippen MR) is 93.0 cm³/mol. The summed E-state index contributed by atoms with van der Waals surface area (Å²) in [5.74, 6) is 0.353. The number of halogens is 1. The van der Waals surface area contributed by atoms with Crippen LogP contribution in [0, 0.1) is 6.92 Å². The van der Waals surface area contributed by atoms with Crippen molar-refractivity contribution in [1.82, 2.24) is 15.3 Å². The molecule has 2 aromatic rings. The highest BCUT2D eigenvalue weighted by molar-refractivity contribution is 9.10. The minimum Gasteiger partial charge on any atom is -0.385 e. The largest absolute Gasteiger partial charge is 0.385 e. The van der Waals surface area contributed by atoms with E-state index < -0.39 is 0 Å². The van der Waals surface area contributed by atoms with E-state index in [4.69, 9.17) is 4.74 Å². The number of rotatable bonds is 7. The number of nitrogens with one attached hydrogen (secondary N) is 2. The third-order valence-electron chi connectivity index (χ3n) is 3.16. The van der Waals surface area contributed by atoms with Gasteiger partial charge in [-0.15, -0.1) is 0 Å². The van der Waals surface area contributed by atoms with Gasteiger partial charge in [0.25, 0.3) is 5.91 Å². The monoisotopic (exact) mass is 378 g/mol. The number of carbonyl (C=O) groups is 1. The van der Waals surface area contributed by atoms with Crippen molar-refractivity contribution in [2.75, 3.05) is 25.6 Å². The number of aromatic nitrogens is 2. The molecule has 1 aromatic heterocycles. The molecule has 1 aromatic carbocycles. The quantitative estimate of drug-likeness (QED) is 0.724. The smallest absolute Gasteiger partial charge is 0.270 e. The molecule has 1 amide bonds. The minimum atomic E-state index is -0.223. The third kappa shape index (κ3) is 5.30. The Kier molecular flexibility index (Phi) is 6.49. The van der Waals surface area contributed by atoms with Gasteiger partial charge in [-0.2, -0.15) is 0 Å². The van der Waals surface area contributed by atoms with Crippen LogP contribution in [0.2, 0.25) is 0 Å². The second-order valence-corrected chi connectivity index (χ2v) is 5.89. The van der Waals surface area contributed by atoms with Crippen molar-refractivity contribution in [3.63, 3.8) is 0 Å². The maximum atomic E-state index is 12.0. The van der Waals surface area contributed by atoms with Crippen LogP contribution in [-0.4, -0.2) is 36.1 Å². The highest BCUT2D eigenvalue weighted by atomic mass is 79.9. The number of carbonyl (C=O) groups excluding carboxylic acids is 1. The van der Waals surface area contributed by atoms with Crippen molar-refractivity contribution in [2.45, 2.75) is 13.3 Å². The lowest BCUT2D eigenvalue weighted by atomic mass is 10.2. The van der Waals surface area contributed by atoms with Gasteiger partial charge in [0.15, 0.2) is 0 Å². The number of nitrogens with zero attached hydrogens (tertiary/aromatic N) is 2. The number of benzene rings is 1. The standard InChI is InChI=1S/C16H19BrN4O2/c1-11-8-12(17)4-5-13(11)21-15-9-14(19-10-20-15)16(22)18-6-3-7-23-2/h4-5,8-10H,3,6-7H2,1-2H3,(H,18,22)(H,19,20,21). The van der Waals surface area contributed by atoms with Gasteiger partial charge in [-0.05, 0) is 37.1 Å². The van der Waals surface area contributed by atoms with E-state index in [1.807, 2.05) is 25.1 Å². The molecule has 0 atom stereocenters. The number of hydrogen-bond acceptors (Lipinski definition) is 5. The number of aryl methyl sites for hydroxylation is 1. The van der Waals surface area contributed by atoms with Crippen LogP contribution in [0.3, 0.4) is 0 Å². The van der Waals surface area contributed by atoms with Gasteiger partial charge < -0.3 is 15.4 Å². The molecule has 2 rings (SSSR count). The van der Waals surface area contributed by atoms with Gasteiger partial charge in [-0.25, -0.2) is 9.97 Å². The van der Waals surface area contributed by atoms with E-state index in [2.05, 4.69) is 36.5 Å². The summed E-state index contributed by atoms with van der Waals surface area (Å²) >= 11 is 3.43. The van der Waals surface area contributed by atoms with Crippen molar-refractivity contribution in [3.05, 3.63) is 46.3 Å². The lowest BCUT2D eigenvalue weighted by Gasteiger charge is -2.10. The molecule has 0 bridgehead atoms. The molecular weight excluding hydrogens is 360 g/mol. The molecule has 0 saturated carbocycles. The van der Waals surface area contributed by atoms with Gasteiger partial charge in [-0.3, -0.25) is 4.79 Å². The van der Waals surface area contributed by atoms with Crippen LogP contribution in [0.25, 0.3) is 0 Å². The first-order chi connectivity index (χ1) is 11.1. The molecular formula is C16H19BrN4O2. The molecule has 0 fully saturated rings. The van der Waals surface area contributed by atoms with Crippen LogP contribution in [0.4, 0.5) is 11.5 Å². The lowest BCUT2D eigenvalue weighted by molar-refractivity contribution is 0.0943. The van der Waals surface area contributed by atoms with E-state index in [1.165, 1.54) is 6.33 Å². The van der Waals surface area contributed by atoms with Gasteiger partial charge >= 0.3 is 0 Å². The molecule has 0 aliphatic heterocycles. The van der Waals surface area contributed by atoms with E-state index in [9.17, 15) is 4.79 Å². The van der Waals surface area contributed by atoms with Crippen LogP contribution in [0.15, 0.2) is 35.1 Å². The lowest BCUT2D eigenvalue weighted by Crippen LogP contribution is -2.26. The first-order valence-electron chi connectivity index (χ1n) is 7.22. The summed E-state index contributed by atoms with van der Waals surface area (Å²) in [6.45, 7) is 3.16. The van der Waals surface area contributed by atoms with Crippen LogP contribution in [0.1, 0.15) is 22.5 Å². The first kappa shape index (κ1) is 17.4. The van der Waals surface area contributed by atoms with Gasteiger partial charge in [0, 0.05) is 36.5 Å². The number of anilines is 2. The Balaban J connectivity index is 2.03. The Morgan fingerprint density at radius 2 is 2.13 bits per heavy atom. The molecule has 0 spiro atoms. The van der Waals surface area contributed by atoms with Gasteiger partial charge in [0.2, 0.25) is 0 Å². The molecule has 23 heavy (non-hydrogen) atoms. The van der Waals surface area contributed by atoms with Gasteiger partial charge in [0.1, 0.15) is 17.8 Å². The second-order valence-electron chi connectivity index (χ2n) is 4.97. The third-order valence-corrected chi connectivity index (χ3v) is 3.65. The van der Waals surface area contributed by atoms with Gasteiger partial charge in [0.05, 0.1) is 0 Å². The minimum absolute atomic E-state index is 0.223. The summed E-state index contributed by atoms with van der Waals surface area (Å²) in [6, 6.07) is 7.53. The fourth-order valence-electron chi connectivity index (χ4n) is 1.96. The molecule has 0 aliphatic rings. The topological polar surface area (TPSA) is 76.1 Å². The van der Waals surface area contributed by atoms with Gasteiger partial charge in [-0.1, -0.05) is 15.9 Å². The second kappa shape index (κ2) is 8.59. The average Bonchev–Trinajstić information content (AvgIpc) is 2.54. The SMILES string of the molecule is COCCCNC(=O)c1cc(Nc2ccc(Br)cc2C)ncn1. The highest BCUT2D eigenvalue weighted by Crippen LogP contribution is 2.22. The summed E-state index contributed by atoms with van der Waals surface area (Å²) in [5, 5.41) is 6.00. The zero-order chi connectivity index (χ0) is 16.7. The molecule has 122 valence electrons. The summed E-state index contributed by atoms with van der Waals surface area (Å²) in [6.07, 6.45) is 2.14. The first-order valence-corrected chi connectivity index (χ1v) is 8.02. The normalized spacial score (nSPS) is 10.4. The molecule has 0 unspecified atom stereocenters. The molecule has 0 aliphatic carbocycles. The van der Waals surface area contributed by atoms with Crippen molar-refractivity contribution >= 4 is 33.3 Å². The summed E-state index contributed by atoms with van der Waals surface area (Å²) in [5.41, 5.74) is 2.33. The van der Waals surface area contributed by atoms with Crippen molar-refractivity contribution in [3.8, 4) is 0 Å². The van der Waals surface area contributed by atoms with E-state index in [-0.39, 0.29) is 5.91 Å². The predicted octanol–water partition coefficient (Wildman–Crippen LogP) is 3.06. The number of hydrogen-bond donors (Lipinski definition) is 2. The Bertz CT molecular complexity index is 679. The van der Waals surface area contributed by atoms with E-state index in [1.54, 1.807) is 13.2 Å². The summed E-state index contributed by atoms with van der Waals surface area (Å²) in [7, 11) is 1.63. The average molecular weight is 379 g/mol. The fourth-order valence-corrected chi connectivity index (χ4v) is 2.44. The van der Waals surface area contributed by atoms with Crippen LogP contribution in [0.5, 0.6) is 0 Å². The molecule has 2 N–H and O–H groups in total. The van der Waals surface area contributed by atoms with Crippen molar-refractivity contribution in [1.29, 1.82) is 0 Å². The van der Waals surface area contributed by atoms with E-state index in [0.29, 0.717) is 24.7 Å². The van der Waals surface area contributed by atoms with Crippen molar-refractivity contribution < 1.29 is 9.53 Å².